The van der Waals surface area contributed by atoms with Gasteiger partial charge in [-0.25, -0.2) is 0 Å². The van der Waals surface area contributed by atoms with Crippen molar-refractivity contribution in [2.45, 2.75) is 0 Å². The molecule has 5 heteroatoms. The first-order valence-electron chi connectivity index (χ1n) is 6.45. The van der Waals surface area contributed by atoms with Crippen LogP contribution < -0.4 is 9.47 Å². The average Bonchev–Trinajstić information content (AvgIpc) is 2.51. The lowest BCUT2D eigenvalue weighted by Crippen LogP contribution is -1.96. The molecular weight excluding hydrogens is 323 g/mol. The fraction of sp³-hybridized carbons (Fsp3) is 0.118. The molecule has 0 radical (unpaired) electrons. The van der Waals surface area contributed by atoms with Gasteiger partial charge in [0.2, 0.25) is 0 Å². The van der Waals surface area contributed by atoms with Gasteiger partial charge in [-0.05, 0) is 36.4 Å². The number of carbonyl (C=O) groups is 1. The number of rotatable bonds is 5. The van der Waals surface area contributed by atoms with Crippen molar-refractivity contribution >= 4 is 35.1 Å². The molecular formula is C17H14Cl2O3. The Morgan fingerprint density at radius 2 is 1.86 bits per heavy atom. The molecule has 0 aromatic heterocycles. The minimum atomic E-state index is -0.216. The number of halogens is 2. The maximum atomic E-state index is 12.2. The summed E-state index contributed by atoms with van der Waals surface area (Å²) in [6.45, 7) is 0. The molecule has 2 aromatic rings. The topological polar surface area (TPSA) is 35.5 Å². The molecule has 0 unspecified atom stereocenters. The molecule has 0 aliphatic rings. The second kappa shape index (κ2) is 7.34. The predicted molar refractivity (Wildman–Crippen MR) is 89.4 cm³/mol. The Hall–Kier alpha value is -1.97. The van der Waals surface area contributed by atoms with E-state index in [1.807, 2.05) is 12.1 Å². The number of carbonyl (C=O) groups excluding carboxylic acids is 1. The van der Waals surface area contributed by atoms with Gasteiger partial charge in [-0.1, -0.05) is 35.3 Å². The summed E-state index contributed by atoms with van der Waals surface area (Å²) in [5.74, 6) is 0.949. The van der Waals surface area contributed by atoms with Crippen LogP contribution in [0.2, 0.25) is 10.0 Å². The van der Waals surface area contributed by atoms with Crippen LogP contribution in [-0.2, 0) is 0 Å². The lowest BCUT2D eigenvalue weighted by Gasteiger charge is -2.09. The first-order valence-corrected chi connectivity index (χ1v) is 7.21. The first-order chi connectivity index (χ1) is 10.6. The number of ether oxygens (including phenoxy) is 2. The third-order valence-corrected chi connectivity index (χ3v) is 3.59. The third kappa shape index (κ3) is 3.62. The van der Waals surface area contributed by atoms with Gasteiger partial charge in [-0.2, -0.15) is 0 Å². The molecule has 0 amide bonds. The standard InChI is InChI=1S/C17H14Cl2O3/c1-21-16-5-3-4-11(17(16)22-2)6-9-15(20)13-8-7-12(18)10-14(13)19/h3-10H,1-2H3. The van der Waals surface area contributed by atoms with Crippen LogP contribution in [0.3, 0.4) is 0 Å². The van der Waals surface area contributed by atoms with Crippen molar-refractivity contribution in [2.75, 3.05) is 14.2 Å². The van der Waals surface area contributed by atoms with Crippen LogP contribution >= 0.6 is 23.2 Å². The lowest BCUT2D eigenvalue weighted by molar-refractivity contribution is 0.104. The summed E-state index contributed by atoms with van der Waals surface area (Å²) in [5, 5.41) is 0.805. The van der Waals surface area contributed by atoms with E-state index in [1.54, 1.807) is 38.5 Å². The molecule has 0 N–H and O–H groups in total. The molecule has 0 atom stereocenters. The molecule has 114 valence electrons. The van der Waals surface area contributed by atoms with E-state index < -0.39 is 0 Å². The van der Waals surface area contributed by atoms with E-state index >= 15 is 0 Å². The molecule has 0 fully saturated rings. The van der Waals surface area contributed by atoms with Gasteiger partial charge in [0.05, 0.1) is 19.2 Å². The van der Waals surface area contributed by atoms with Gasteiger partial charge in [0.25, 0.3) is 0 Å². The zero-order chi connectivity index (χ0) is 16.1. The highest BCUT2D eigenvalue weighted by Crippen LogP contribution is 2.31. The fourth-order valence-corrected chi connectivity index (χ4v) is 2.49. The number of allylic oxidation sites excluding steroid dienone is 1. The maximum absolute atomic E-state index is 12.2. The Bertz CT molecular complexity index is 724. The van der Waals surface area contributed by atoms with Crippen LogP contribution in [0.25, 0.3) is 6.08 Å². The minimum Gasteiger partial charge on any atom is -0.493 e. The smallest absolute Gasteiger partial charge is 0.187 e. The van der Waals surface area contributed by atoms with Crippen molar-refractivity contribution in [3.05, 3.63) is 63.6 Å². The molecule has 2 rings (SSSR count). The maximum Gasteiger partial charge on any atom is 0.187 e. The van der Waals surface area contributed by atoms with Crippen LogP contribution in [0.15, 0.2) is 42.5 Å². The number of para-hydroxylation sites is 1. The molecule has 0 saturated heterocycles. The van der Waals surface area contributed by atoms with Gasteiger partial charge in [0.1, 0.15) is 0 Å². The Labute approximate surface area is 139 Å². The summed E-state index contributed by atoms with van der Waals surface area (Å²) in [4.78, 5) is 12.2. The van der Waals surface area contributed by atoms with Crippen molar-refractivity contribution in [3.8, 4) is 11.5 Å². The Balaban J connectivity index is 2.30. The quantitative estimate of drug-likeness (QED) is 0.575. The zero-order valence-corrected chi connectivity index (χ0v) is 13.6. The molecule has 0 aliphatic carbocycles. The van der Waals surface area contributed by atoms with Gasteiger partial charge in [-0.3, -0.25) is 4.79 Å². The Morgan fingerprint density at radius 3 is 2.50 bits per heavy atom. The van der Waals surface area contributed by atoms with Crippen LogP contribution in [0.5, 0.6) is 11.5 Å². The summed E-state index contributed by atoms with van der Waals surface area (Å²) in [5.41, 5.74) is 1.13. The van der Waals surface area contributed by atoms with E-state index in [0.717, 1.165) is 5.56 Å². The summed E-state index contributed by atoms with van der Waals surface area (Å²) >= 11 is 11.9. The van der Waals surface area contributed by atoms with E-state index in [2.05, 4.69) is 0 Å². The number of hydrogen-bond acceptors (Lipinski definition) is 3. The van der Waals surface area contributed by atoms with Gasteiger partial charge < -0.3 is 9.47 Å². The second-order valence-corrected chi connectivity index (χ2v) is 5.25. The van der Waals surface area contributed by atoms with Crippen molar-refractivity contribution in [2.24, 2.45) is 0 Å². The normalized spacial score (nSPS) is 10.7. The van der Waals surface area contributed by atoms with Crippen LogP contribution in [0, 0.1) is 0 Å². The van der Waals surface area contributed by atoms with Crippen LogP contribution in [0.1, 0.15) is 15.9 Å². The summed E-state index contributed by atoms with van der Waals surface area (Å²) < 4.78 is 10.5. The Morgan fingerprint density at radius 1 is 1.09 bits per heavy atom. The van der Waals surface area contributed by atoms with Gasteiger partial charge in [0.15, 0.2) is 17.3 Å². The minimum absolute atomic E-state index is 0.216. The zero-order valence-electron chi connectivity index (χ0n) is 12.1. The van der Waals surface area contributed by atoms with E-state index in [9.17, 15) is 4.79 Å². The van der Waals surface area contributed by atoms with E-state index in [-0.39, 0.29) is 5.78 Å². The summed E-state index contributed by atoms with van der Waals surface area (Å²) in [7, 11) is 3.11. The summed E-state index contributed by atoms with van der Waals surface area (Å²) in [6.07, 6.45) is 3.10. The molecule has 0 aliphatic heterocycles. The van der Waals surface area contributed by atoms with Crippen molar-refractivity contribution < 1.29 is 14.3 Å². The molecule has 2 aromatic carbocycles. The largest absolute Gasteiger partial charge is 0.493 e. The van der Waals surface area contributed by atoms with Gasteiger partial charge in [0, 0.05) is 16.1 Å². The third-order valence-electron chi connectivity index (χ3n) is 3.04. The van der Waals surface area contributed by atoms with Gasteiger partial charge in [-0.15, -0.1) is 0 Å². The van der Waals surface area contributed by atoms with E-state index in [1.165, 1.54) is 12.1 Å². The first kappa shape index (κ1) is 16.4. The SMILES string of the molecule is COc1cccc(C=CC(=O)c2ccc(Cl)cc2Cl)c1OC. The predicted octanol–water partition coefficient (Wildman–Crippen LogP) is 4.91. The van der Waals surface area contributed by atoms with Gasteiger partial charge >= 0.3 is 0 Å². The highest BCUT2D eigenvalue weighted by atomic mass is 35.5. The van der Waals surface area contributed by atoms with Crippen molar-refractivity contribution in [1.29, 1.82) is 0 Å². The molecule has 3 nitrogen and oxygen atoms in total. The molecule has 0 bridgehead atoms. The highest BCUT2D eigenvalue weighted by Gasteiger charge is 2.10. The molecule has 22 heavy (non-hydrogen) atoms. The van der Waals surface area contributed by atoms with E-state index in [4.69, 9.17) is 32.7 Å². The second-order valence-electron chi connectivity index (χ2n) is 4.40. The van der Waals surface area contributed by atoms with Crippen LogP contribution in [0.4, 0.5) is 0 Å². The number of hydrogen-bond donors (Lipinski definition) is 0. The summed E-state index contributed by atoms with van der Waals surface area (Å²) in [6, 6.07) is 10.2. The average molecular weight is 337 g/mol. The van der Waals surface area contributed by atoms with E-state index in [0.29, 0.717) is 27.1 Å². The fourth-order valence-electron chi connectivity index (χ4n) is 1.99. The van der Waals surface area contributed by atoms with Crippen molar-refractivity contribution in [3.63, 3.8) is 0 Å². The molecule has 0 spiro atoms. The number of ketones is 1. The highest BCUT2D eigenvalue weighted by molar-refractivity contribution is 6.37. The monoisotopic (exact) mass is 336 g/mol. The molecule has 0 heterocycles. The van der Waals surface area contributed by atoms with Crippen molar-refractivity contribution in [1.82, 2.24) is 0 Å². The number of methoxy groups -OCH3 is 2. The number of benzene rings is 2. The lowest BCUT2D eigenvalue weighted by atomic mass is 10.1. The van der Waals surface area contributed by atoms with Crippen LogP contribution in [-0.4, -0.2) is 20.0 Å². The molecule has 0 saturated carbocycles. The Kier molecular flexibility index (Phi) is 5.47.